The summed E-state index contributed by atoms with van der Waals surface area (Å²) in [5.74, 6) is 0.698. The number of hydrogen-bond donors (Lipinski definition) is 1. The molecule has 0 bridgehead atoms. The van der Waals surface area contributed by atoms with Crippen molar-refractivity contribution in [2.24, 2.45) is 11.7 Å². The molecule has 0 radical (unpaired) electrons. The number of nitrogens with two attached hydrogens (primary N) is 1. The van der Waals surface area contributed by atoms with E-state index >= 15 is 0 Å². The Bertz CT molecular complexity index is 310. The quantitative estimate of drug-likeness (QED) is 0.818. The van der Waals surface area contributed by atoms with Crippen molar-refractivity contribution in [1.29, 1.82) is 0 Å². The Kier molecular flexibility index (Phi) is 3.91. The largest absolute Gasteiger partial charge is 0.330 e. The van der Waals surface area contributed by atoms with Crippen molar-refractivity contribution in [2.75, 3.05) is 13.1 Å². The molecule has 3 heteroatoms. The fourth-order valence-corrected chi connectivity index (χ4v) is 2.47. The molecule has 0 saturated heterocycles. The van der Waals surface area contributed by atoms with Crippen molar-refractivity contribution >= 4 is 0 Å². The minimum absolute atomic E-state index is 0.678. The zero-order valence-electron chi connectivity index (χ0n) is 9.97. The van der Waals surface area contributed by atoms with E-state index in [9.17, 15) is 0 Å². The molecule has 2 N–H and O–H groups in total. The van der Waals surface area contributed by atoms with Gasteiger partial charge in [0.15, 0.2) is 0 Å². The number of aromatic nitrogens is 1. The van der Waals surface area contributed by atoms with Gasteiger partial charge in [-0.3, -0.25) is 9.88 Å². The summed E-state index contributed by atoms with van der Waals surface area (Å²) in [7, 11) is 0. The average Bonchev–Trinajstić information content (AvgIpc) is 2.28. The second-order valence-electron chi connectivity index (χ2n) is 4.52. The molecule has 1 fully saturated rings. The minimum Gasteiger partial charge on any atom is -0.330 e. The lowest BCUT2D eigenvalue weighted by Crippen LogP contribution is -2.49. The van der Waals surface area contributed by atoms with Crippen LogP contribution in [0.3, 0.4) is 0 Å². The van der Waals surface area contributed by atoms with Crippen LogP contribution in [0.25, 0.3) is 0 Å². The summed E-state index contributed by atoms with van der Waals surface area (Å²) < 4.78 is 0. The van der Waals surface area contributed by atoms with E-state index in [4.69, 9.17) is 5.73 Å². The van der Waals surface area contributed by atoms with Crippen LogP contribution in [0.1, 0.15) is 25.5 Å². The van der Waals surface area contributed by atoms with Crippen molar-refractivity contribution in [3.8, 4) is 0 Å². The van der Waals surface area contributed by atoms with E-state index in [1.54, 1.807) is 0 Å². The monoisotopic (exact) mass is 219 g/mol. The number of pyridine rings is 1. The Morgan fingerprint density at radius 2 is 2.31 bits per heavy atom. The molecular formula is C13H21N3. The van der Waals surface area contributed by atoms with Gasteiger partial charge in [0.25, 0.3) is 0 Å². The molecular weight excluding hydrogens is 198 g/mol. The van der Waals surface area contributed by atoms with Gasteiger partial charge in [-0.25, -0.2) is 0 Å². The summed E-state index contributed by atoms with van der Waals surface area (Å²) in [6.45, 7) is 5.08. The van der Waals surface area contributed by atoms with Crippen molar-refractivity contribution in [3.05, 3.63) is 30.1 Å². The van der Waals surface area contributed by atoms with Gasteiger partial charge in [-0.15, -0.1) is 0 Å². The van der Waals surface area contributed by atoms with Gasteiger partial charge in [0, 0.05) is 18.8 Å². The highest BCUT2D eigenvalue weighted by atomic mass is 15.2. The highest BCUT2D eigenvalue weighted by molar-refractivity contribution is 5.04. The Hall–Kier alpha value is -0.930. The Morgan fingerprint density at radius 3 is 2.81 bits per heavy atom. The first kappa shape index (κ1) is 11.6. The third-order valence-corrected chi connectivity index (χ3v) is 3.65. The number of rotatable bonds is 5. The number of hydrogen-bond acceptors (Lipinski definition) is 3. The van der Waals surface area contributed by atoms with Gasteiger partial charge in [-0.2, -0.15) is 0 Å². The summed E-state index contributed by atoms with van der Waals surface area (Å²) in [4.78, 5) is 6.89. The van der Waals surface area contributed by atoms with Crippen molar-refractivity contribution < 1.29 is 0 Å². The van der Waals surface area contributed by atoms with Gasteiger partial charge in [-0.1, -0.05) is 13.0 Å². The van der Waals surface area contributed by atoms with Crippen molar-refractivity contribution in [1.82, 2.24) is 9.88 Å². The fraction of sp³-hybridized carbons (Fsp3) is 0.615. The minimum atomic E-state index is 0.678. The molecule has 2 rings (SSSR count). The Labute approximate surface area is 97.7 Å². The molecule has 16 heavy (non-hydrogen) atoms. The average molecular weight is 219 g/mol. The Balaban J connectivity index is 1.96. The lowest BCUT2D eigenvalue weighted by molar-refractivity contribution is 0.0637. The second kappa shape index (κ2) is 5.41. The molecule has 3 nitrogen and oxygen atoms in total. The third-order valence-electron chi connectivity index (χ3n) is 3.65. The summed E-state index contributed by atoms with van der Waals surface area (Å²) in [6, 6.07) is 6.79. The molecule has 0 amide bonds. The lowest BCUT2D eigenvalue weighted by atomic mass is 9.78. The van der Waals surface area contributed by atoms with Crippen molar-refractivity contribution in [2.45, 2.75) is 32.4 Å². The topological polar surface area (TPSA) is 42.2 Å². The van der Waals surface area contributed by atoms with Gasteiger partial charge in [0.2, 0.25) is 0 Å². The summed E-state index contributed by atoms with van der Waals surface area (Å²) in [5.41, 5.74) is 6.93. The zero-order chi connectivity index (χ0) is 11.4. The molecule has 2 atom stereocenters. The van der Waals surface area contributed by atoms with Gasteiger partial charge >= 0.3 is 0 Å². The number of nitrogens with zero attached hydrogens (tertiary/aromatic N) is 2. The van der Waals surface area contributed by atoms with E-state index in [1.807, 2.05) is 12.3 Å². The molecule has 0 aromatic carbocycles. The van der Waals surface area contributed by atoms with E-state index < -0.39 is 0 Å². The fourth-order valence-electron chi connectivity index (χ4n) is 2.47. The zero-order valence-corrected chi connectivity index (χ0v) is 9.97. The molecule has 1 aromatic rings. The smallest absolute Gasteiger partial charge is 0.0544 e. The van der Waals surface area contributed by atoms with Crippen LogP contribution in [-0.4, -0.2) is 29.0 Å². The van der Waals surface area contributed by atoms with Gasteiger partial charge in [0.1, 0.15) is 0 Å². The van der Waals surface area contributed by atoms with Gasteiger partial charge in [0.05, 0.1) is 5.69 Å². The standard InChI is InChI=1S/C13H21N3/c1-2-16(13-7-6-11(13)9-14)10-12-5-3-4-8-15-12/h3-5,8,11,13H,2,6-7,9-10,14H2,1H3. The predicted molar refractivity (Wildman–Crippen MR) is 65.9 cm³/mol. The third kappa shape index (κ3) is 2.42. The maximum absolute atomic E-state index is 5.77. The van der Waals surface area contributed by atoms with E-state index in [0.29, 0.717) is 12.0 Å². The molecule has 1 aliphatic carbocycles. The molecule has 1 saturated carbocycles. The van der Waals surface area contributed by atoms with Crippen LogP contribution in [0, 0.1) is 5.92 Å². The molecule has 1 aromatic heterocycles. The van der Waals surface area contributed by atoms with Crippen LogP contribution in [0.15, 0.2) is 24.4 Å². The van der Waals surface area contributed by atoms with Gasteiger partial charge < -0.3 is 5.73 Å². The molecule has 88 valence electrons. The van der Waals surface area contributed by atoms with Crippen LogP contribution in [0.2, 0.25) is 0 Å². The maximum atomic E-state index is 5.77. The van der Waals surface area contributed by atoms with Crippen LogP contribution in [0.5, 0.6) is 0 Å². The predicted octanol–water partition coefficient (Wildman–Crippen LogP) is 1.64. The van der Waals surface area contributed by atoms with Crippen LogP contribution < -0.4 is 5.73 Å². The van der Waals surface area contributed by atoms with E-state index in [-0.39, 0.29) is 0 Å². The van der Waals surface area contributed by atoms with Crippen LogP contribution in [0.4, 0.5) is 0 Å². The molecule has 1 aliphatic rings. The van der Waals surface area contributed by atoms with E-state index in [2.05, 4.69) is 28.9 Å². The molecule has 0 aliphatic heterocycles. The molecule has 1 heterocycles. The summed E-state index contributed by atoms with van der Waals surface area (Å²) in [5, 5.41) is 0. The summed E-state index contributed by atoms with van der Waals surface area (Å²) in [6.07, 6.45) is 4.45. The lowest BCUT2D eigenvalue weighted by Gasteiger charge is -2.43. The van der Waals surface area contributed by atoms with E-state index in [1.165, 1.54) is 12.8 Å². The normalized spacial score (nSPS) is 24.4. The van der Waals surface area contributed by atoms with Crippen molar-refractivity contribution in [3.63, 3.8) is 0 Å². The summed E-state index contributed by atoms with van der Waals surface area (Å²) >= 11 is 0. The first-order valence-corrected chi connectivity index (χ1v) is 6.19. The van der Waals surface area contributed by atoms with Gasteiger partial charge in [-0.05, 0) is 44.0 Å². The Morgan fingerprint density at radius 1 is 1.44 bits per heavy atom. The highest BCUT2D eigenvalue weighted by Gasteiger charge is 2.33. The molecule has 0 spiro atoms. The first-order valence-electron chi connectivity index (χ1n) is 6.19. The van der Waals surface area contributed by atoms with Crippen LogP contribution in [-0.2, 0) is 6.54 Å². The van der Waals surface area contributed by atoms with E-state index in [0.717, 1.165) is 25.3 Å². The SMILES string of the molecule is CCN(Cc1ccccn1)C1CCC1CN. The highest BCUT2D eigenvalue weighted by Crippen LogP contribution is 2.31. The maximum Gasteiger partial charge on any atom is 0.0544 e. The second-order valence-corrected chi connectivity index (χ2v) is 4.52. The first-order chi connectivity index (χ1) is 7.85. The molecule has 2 unspecified atom stereocenters. The van der Waals surface area contributed by atoms with Crippen LogP contribution >= 0.6 is 0 Å².